The monoisotopic (exact) mass is 226 g/mol. The number of hydrogen-bond acceptors (Lipinski definition) is 1. The highest BCUT2D eigenvalue weighted by Gasteiger charge is 1.97. The second-order valence-corrected chi connectivity index (χ2v) is 3.46. The summed E-state index contributed by atoms with van der Waals surface area (Å²) in [5.41, 5.74) is 2.12. The smallest absolute Gasteiger partial charge is 0.0713 e. The van der Waals surface area contributed by atoms with E-state index in [-0.39, 0.29) is 0 Å². The molecule has 1 rings (SSSR count). The molecule has 1 nitrogen and oxygen atoms in total. The summed E-state index contributed by atoms with van der Waals surface area (Å²) in [5, 5.41) is 0. The molecule has 0 aliphatic heterocycles. The van der Waals surface area contributed by atoms with E-state index in [1.807, 2.05) is 24.3 Å². The molecule has 0 aromatic heterocycles. The molecule has 1 aromatic carbocycles. The summed E-state index contributed by atoms with van der Waals surface area (Å²) in [6.45, 7) is 4.49. The Labute approximate surface area is 81.2 Å². The minimum absolute atomic E-state index is 0.580. The summed E-state index contributed by atoms with van der Waals surface area (Å²) < 4.78 is 6.05. The summed E-state index contributed by atoms with van der Waals surface area (Å²) in [6, 6.07) is 8.03. The van der Waals surface area contributed by atoms with Crippen molar-refractivity contribution in [1.29, 1.82) is 0 Å². The van der Waals surface area contributed by atoms with Crippen molar-refractivity contribution < 1.29 is 4.74 Å². The lowest BCUT2D eigenvalue weighted by Crippen LogP contribution is -1.91. The molecular formula is C10H11BrO. The molecule has 0 N–H and O–H groups in total. The fraction of sp³-hybridized carbons (Fsp3) is 0.200. The maximum Gasteiger partial charge on any atom is 0.0713 e. The highest BCUT2D eigenvalue weighted by Crippen LogP contribution is 2.17. The second-order valence-electron chi connectivity index (χ2n) is 2.55. The van der Waals surface area contributed by atoms with E-state index in [4.69, 9.17) is 4.74 Å². The fourth-order valence-electron chi connectivity index (χ4n) is 0.966. The molecule has 0 saturated carbocycles. The molecule has 0 heterocycles. The Morgan fingerprint density at radius 3 is 2.92 bits per heavy atom. The molecule has 0 radical (unpaired) electrons. The summed E-state index contributed by atoms with van der Waals surface area (Å²) in [4.78, 5) is 0. The molecule has 0 spiro atoms. The van der Waals surface area contributed by atoms with E-state index < -0.39 is 0 Å². The Morgan fingerprint density at radius 2 is 2.33 bits per heavy atom. The minimum Gasteiger partial charge on any atom is -0.380 e. The third-order valence-corrected chi connectivity index (χ3v) is 2.04. The molecule has 12 heavy (non-hydrogen) atoms. The molecule has 0 saturated heterocycles. The van der Waals surface area contributed by atoms with Gasteiger partial charge in [-0.15, -0.1) is 0 Å². The van der Waals surface area contributed by atoms with Crippen LogP contribution in [0.25, 0.3) is 5.57 Å². The number of methoxy groups -OCH3 is 1. The van der Waals surface area contributed by atoms with Gasteiger partial charge >= 0.3 is 0 Å². The SMILES string of the molecule is C=C(COC)c1cccc(Br)c1. The number of halogens is 1. The fourth-order valence-corrected chi connectivity index (χ4v) is 1.37. The van der Waals surface area contributed by atoms with Crippen LogP contribution in [-0.2, 0) is 4.74 Å². The predicted molar refractivity (Wildman–Crippen MR) is 55.1 cm³/mol. The van der Waals surface area contributed by atoms with Crippen LogP contribution in [0.4, 0.5) is 0 Å². The van der Waals surface area contributed by atoms with Crippen molar-refractivity contribution in [2.45, 2.75) is 0 Å². The number of ether oxygens (including phenoxy) is 1. The first kappa shape index (κ1) is 9.49. The van der Waals surface area contributed by atoms with Gasteiger partial charge in [0.2, 0.25) is 0 Å². The number of rotatable bonds is 3. The quantitative estimate of drug-likeness (QED) is 0.770. The van der Waals surface area contributed by atoms with Crippen LogP contribution in [-0.4, -0.2) is 13.7 Å². The highest BCUT2D eigenvalue weighted by molar-refractivity contribution is 9.10. The molecule has 0 aliphatic rings. The van der Waals surface area contributed by atoms with E-state index in [2.05, 4.69) is 22.5 Å². The zero-order chi connectivity index (χ0) is 8.97. The van der Waals surface area contributed by atoms with Gasteiger partial charge in [-0.25, -0.2) is 0 Å². The molecule has 0 fully saturated rings. The van der Waals surface area contributed by atoms with Gasteiger partial charge in [-0.3, -0.25) is 0 Å². The van der Waals surface area contributed by atoms with Gasteiger partial charge in [0.15, 0.2) is 0 Å². The van der Waals surface area contributed by atoms with Gasteiger partial charge in [-0.1, -0.05) is 34.6 Å². The zero-order valence-corrected chi connectivity index (χ0v) is 8.60. The van der Waals surface area contributed by atoms with Crippen molar-refractivity contribution >= 4 is 21.5 Å². The van der Waals surface area contributed by atoms with Crippen molar-refractivity contribution in [3.8, 4) is 0 Å². The number of hydrogen-bond donors (Lipinski definition) is 0. The zero-order valence-electron chi connectivity index (χ0n) is 7.01. The molecule has 0 bridgehead atoms. The Morgan fingerprint density at radius 1 is 1.58 bits per heavy atom. The lowest BCUT2D eigenvalue weighted by atomic mass is 10.1. The Hall–Kier alpha value is -0.600. The first-order valence-electron chi connectivity index (χ1n) is 3.66. The molecule has 2 heteroatoms. The van der Waals surface area contributed by atoms with Crippen molar-refractivity contribution in [3.05, 3.63) is 40.9 Å². The van der Waals surface area contributed by atoms with E-state index in [1.165, 1.54) is 0 Å². The van der Waals surface area contributed by atoms with Gasteiger partial charge in [0.1, 0.15) is 0 Å². The Kier molecular flexibility index (Phi) is 3.50. The Balaban J connectivity index is 2.81. The van der Waals surface area contributed by atoms with E-state index in [1.54, 1.807) is 7.11 Å². The maximum atomic E-state index is 4.98. The first-order chi connectivity index (χ1) is 5.74. The molecule has 64 valence electrons. The van der Waals surface area contributed by atoms with Gasteiger partial charge in [0, 0.05) is 11.6 Å². The Bertz CT molecular complexity index is 281. The normalized spacial score (nSPS) is 9.83. The molecule has 0 atom stereocenters. The van der Waals surface area contributed by atoms with Crippen LogP contribution >= 0.6 is 15.9 Å². The van der Waals surface area contributed by atoms with Crippen LogP contribution < -0.4 is 0 Å². The van der Waals surface area contributed by atoms with E-state index in [0.717, 1.165) is 15.6 Å². The van der Waals surface area contributed by atoms with Gasteiger partial charge in [-0.05, 0) is 23.3 Å². The lowest BCUT2D eigenvalue weighted by molar-refractivity contribution is 0.240. The van der Waals surface area contributed by atoms with Crippen molar-refractivity contribution in [3.63, 3.8) is 0 Å². The lowest BCUT2D eigenvalue weighted by Gasteiger charge is -2.04. The van der Waals surface area contributed by atoms with Crippen LogP contribution in [0.15, 0.2) is 35.3 Å². The van der Waals surface area contributed by atoms with Crippen LogP contribution in [0.1, 0.15) is 5.56 Å². The van der Waals surface area contributed by atoms with Crippen molar-refractivity contribution in [1.82, 2.24) is 0 Å². The highest BCUT2D eigenvalue weighted by atomic mass is 79.9. The summed E-state index contributed by atoms with van der Waals surface area (Å²) >= 11 is 3.40. The third-order valence-electron chi connectivity index (χ3n) is 1.55. The molecular weight excluding hydrogens is 216 g/mol. The largest absolute Gasteiger partial charge is 0.380 e. The van der Waals surface area contributed by atoms with Gasteiger partial charge < -0.3 is 4.74 Å². The average Bonchev–Trinajstić information content (AvgIpc) is 2.05. The summed E-state index contributed by atoms with van der Waals surface area (Å²) in [7, 11) is 1.67. The number of benzene rings is 1. The van der Waals surface area contributed by atoms with Crippen LogP contribution in [0.2, 0.25) is 0 Å². The van der Waals surface area contributed by atoms with E-state index in [0.29, 0.717) is 6.61 Å². The molecule has 0 unspecified atom stereocenters. The minimum atomic E-state index is 0.580. The average molecular weight is 227 g/mol. The summed E-state index contributed by atoms with van der Waals surface area (Å²) in [6.07, 6.45) is 0. The summed E-state index contributed by atoms with van der Waals surface area (Å²) in [5.74, 6) is 0. The maximum absolute atomic E-state index is 4.98. The third kappa shape index (κ3) is 2.47. The molecule has 0 aliphatic carbocycles. The van der Waals surface area contributed by atoms with Crippen molar-refractivity contribution in [2.24, 2.45) is 0 Å². The molecule has 1 aromatic rings. The van der Waals surface area contributed by atoms with E-state index in [9.17, 15) is 0 Å². The van der Waals surface area contributed by atoms with Gasteiger partial charge in [0.05, 0.1) is 6.61 Å². The first-order valence-corrected chi connectivity index (χ1v) is 4.46. The van der Waals surface area contributed by atoms with Crippen LogP contribution in [0.5, 0.6) is 0 Å². The van der Waals surface area contributed by atoms with Gasteiger partial charge in [0.25, 0.3) is 0 Å². The predicted octanol–water partition coefficient (Wildman–Crippen LogP) is 3.11. The van der Waals surface area contributed by atoms with E-state index >= 15 is 0 Å². The van der Waals surface area contributed by atoms with Gasteiger partial charge in [-0.2, -0.15) is 0 Å². The van der Waals surface area contributed by atoms with Crippen LogP contribution in [0.3, 0.4) is 0 Å². The molecule has 0 amide bonds. The van der Waals surface area contributed by atoms with Crippen LogP contribution in [0, 0.1) is 0 Å². The topological polar surface area (TPSA) is 9.23 Å². The second kappa shape index (κ2) is 4.43. The van der Waals surface area contributed by atoms with Crippen molar-refractivity contribution in [2.75, 3.05) is 13.7 Å². The standard InChI is InChI=1S/C10H11BrO/c1-8(7-12-2)9-4-3-5-10(11)6-9/h3-6H,1,7H2,2H3.